The Balaban J connectivity index is 2.04. The van der Waals surface area contributed by atoms with E-state index >= 15 is 0 Å². The van der Waals surface area contributed by atoms with Gasteiger partial charge in [0.25, 0.3) is 0 Å². The Hall–Kier alpha value is -1.83. The second kappa shape index (κ2) is 10.9. The molecule has 0 aromatic carbocycles. The zero-order valence-corrected chi connectivity index (χ0v) is 21.1. The molecule has 1 aliphatic heterocycles. The van der Waals surface area contributed by atoms with Crippen LogP contribution in [0, 0.1) is 11.8 Å². The Morgan fingerprint density at radius 3 is 2.34 bits per heavy atom. The van der Waals surface area contributed by atoms with Crippen LogP contribution in [-0.2, 0) is 19.1 Å². The lowest BCUT2D eigenvalue weighted by atomic mass is 9.91. The van der Waals surface area contributed by atoms with Gasteiger partial charge in [0.05, 0.1) is 18.7 Å². The lowest BCUT2D eigenvalue weighted by Gasteiger charge is -2.38. The number of rotatable bonds is 9. The van der Waals surface area contributed by atoms with Crippen LogP contribution in [0.5, 0.6) is 0 Å². The molecule has 0 aromatic heterocycles. The molecule has 1 aliphatic carbocycles. The van der Waals surface area contributed by atoms with Gasteiger partial charge in [-0.15, -0.1) is 0 Å². The molecular weight excluding hydrogens is 410 g/mol. The molecule has 184 valence electrons. The van der Waals surface area contributed by atoms with Crippen LogP contribution in [0.1, 0.15) is 73.6 Å². The maximum Gasteiger partial charge on any atom is 0.411 e. The molecule has 1 N–H and O–H groups in total. The second-order valence-corrected chi connectivity index (χ2v) is 10.3. The quantitative estimate of drug-likeness (QED) is 0.579. The van der Waals surface area contributed by atoms with Crippen molar-refractivity contribution in [2.45, 2.75) is 103 Å². The molecule has 2 aliphatic rings. The third kappa shape index (κ3) is 5.94. The third-order valence-electron chi connectivity index (χ3n) is 7.03. The van der Waals surface area contributed by atoms with E-state index in [1.54, 1.807) is 24.0 Å². The normalized spacial score (nSPS) is 25.2. The number of likely N-dealkylation sites (tertiary alicyclic amines) is 1. The van der Waals surface area contributed by atoms with Crippen LogP contribution in [-0.4, -0.2) is 78.2 Å². The van der Waals surface area contributed by atoms with E-state index in [2.05, 4.69) is 19.2 Å². The van der Waals surface area contributed by atoms with Crippen LogP contribution in [0.4, 0.5) is 4.79 Å². The van der Waals surface area contributed by atoms with Gasteiger partial charge in [0.15, 0.2) is 0 Å². The fourth-order valence-corrected chi connectivity index (χ4v) is 5.25. The fraction of sp³-hybridized carbons (Fsp3) is 0.875. The van der Waals surface area contributed by atoms with Crippen LogP contribution in [0.25, 0.3) is 0 Å². The molecular formula is C24H43N3O5. The highest BCUT2D eigenvalue weighted by Gasteiger charge is 2.52. The Labute approximate surface area is 193 Å². The first kappa shape index (κ1) is 26.4. The molecule has 6 atom stereocenters. The number of fused-ring (bicyclic) bond motifs is 2. The van der Waals surface area contributed by atoms with Crippen molar-refractivity contribution in [2.75, 3.05) is 20.7 Å². The lowest BCUT2D eigenvalue weighted by Crippen LogP contribution is -2.56. The molecule has 8 heteroatoms. The average molecular weight is 454 g/mol. The van der Waals surface area contributed by atoms with E-state index in [1.165, 1.54) is 0 Å². The van der Waals surface area contributed by atoms with Crippen molar-refractivity contribution in [1.82, 2.24) is 15.1 Å². The molecule has 1 saturated carbocycles. The molecule has 0 aromatic rings. The highest BCUT2D eigenvalue weighted by Crippen LogP contribution is 2.43. The van der Waals surface area contributed by atoms with E-state index in [-0.39, 0.29) is 48.4 Å². The minimum Gasteiger partial charge on any atom is -0.444 e. The summed E-state index contributed by atoms with van der Waals surface area (Å²) in [5.41, 5.74) is -0.624. The van der Waals surface area contributed by atoms with Crippen molar-refractivity contribution in [3.8, 4) is 0 Å². The number of amides is 3. The molecule has 32 heavy (non-hydrogen) atoms. The van der Waals surface area contributed by atoms with Gasteiger partial charge in [-0.1, -0.05) is 27.2 Å². The van der Waals surface area contributed by atoms with Gasteiger partial charge in [0, 0.05) is 20.2 Å². The summed E-state index contributed by atoms with van der Waals surface area (Å²) in [5.74, 6) is -0.0567. The van der Waals surface area contributed by atoms with E-state index in [0.717, 1.165) is 32.1 Å². The van der Waals surface area contributed by atoms with Crippen molar-refractivity contribution in [1.29, 1.82) is 0 Å². The number of nitrogens with one attached hydrogen (secondary N) is 1. The van der Waals surface area contributed by atoms with Crippen LogP contribution in [0.2, 0.25) is 0 Å². The zero-order chi connectivity index (χ0) is 24.2. The van der Waals surface area contributed by atoms with Gasteiger partial charge in [-0.2, -0.15) is 0 Å². The number of nitrogens with zero attached hydrogens (tertiary/aromatic N) is 2. The largest absolute Gasteiger partial charge is 0.444 e. The topological polar surface area (TPSA) is 88.2 Å². The van der Waals surface area contributed by atoms with E-state index in [4.69, 9.17) is 9.47 Å². The Morgan fingerprint density at radius 2 is 1.81 bits per heavy atom. The predicted molar refractivity (Wildman–Crippen MR) is 123 cm³/mol. The zero-order valence-electron chi connectivity index (χ0n) is 21.1. The van der Waals surface area contributed by atoms with E-state index in [0.29, 0.717) is 0 Å². The molecule has 2 fully saturated rings. The van der Waals surface area contributed by atoms with Crippen molar-refractivity contribution < 1.29 is 23.9 Å². The smallest absolute Gasteiger partial charge is 0.411 e. The number of carbonyl (C=O) groups is 3. The van der Waals surface area contributed by atoms with E-state index < -0.39 is 17.7 Å². The summed E-state index contributed by atoms with van der Waals surface area (Å²) in [7, 11) is 3.45. The summed E-state index contributed by atoms with van der Waals surface area (Å²) in [6.07, 6.45) is 3.82. The number of hydrogen-bond donors (Lipinski definition) is 1. The number of piperidine rings is 1. The van der Waals surface area contributed by atoms with Gasteiger partial charge in [-0.25, -0.2) is 4.79 Å². The van der Waals surface area contributed by atoms with Gasteiger partial charge in [-0.3, -0.25) is 14.5 Å². The molecule has 2 bridgehead atoms. The van der Waals surface area contributed by atoms with Crippen molar-refractivity contribution in [3.63, 3.8) is 0 Å². The minimum atomic E-state index is -0.624. The third-order valence-corrected chi connectivity index (χ3v) is 7.03. The average Bonchev–Trinajstić information content (AvgIpc) is 3.35. The first-order valence-corrected chi connectivity index (χ1v) is 12.0. The highest BCUT2D eigenvalue weighted by atomic mass is 16.6. The second-order valence-electron chi connectivity index (χ2n) is 10.3. The molecule has 6 unspecified atom stereocenters. The molecule has 2 rings (SSSR count). The minimum absolute atomic E-state index is 0.0331. The summed E-state index contributed by atoms with van der Waals surface area (Å²) < 4.78 is 11.2. The Bertz CT molecular complexity index is 673. The van der Waals surface area contributed by atoms with E-state index in [1.807, 2.05) is 27.7 Å². The predicted octanol–water partition coefficient (Wildman–Crippen LogP) is 3.19. The van der Waals surface area contributed by atoms with Crippen LogP contribution in [0.15, 0.2) is 0 Å². The Morgan fingerprint density at radius 1 is 1.16 bits per heavy atom. The first-order chi connectivity index (χ1) is 14.9. The van der Waals surface area contributed by atoms with E-state index in [9.17, 15) is 14.4 Å². The van der Waals surface area contributed by atoms with Crippen molar-refractivity contribution in [2.24, 2.45) is 11.8 Å². The number of hydrogen-bond acceptors (Lipinski definition) is 5. The van der Waals surface area contributed by atoms with Crippen LogP contribution in [0.3, 0.4) is 0 Å². The summed E-state index contributed by atoms with van der Waals surface area (Å²) in [4.78, 5) is 42.2. The lowest BCUT2D eigenvalue weighted by molar-refractivity contribution is -0.138. The first-order valence-electron chi connectivity index (χ1n) is 12.0. The molecule has 3 amide bonds. The molecule has 1 heterocycles. The summed E-state index contributed by atoms with van der Waals surface area (Å²) in [6, 6.07) is -0.611. The molecule has 1 saturated heterocycles. The van der Waals surface area contributed by atoms with Gasteiger partial charge in [-0.05, 0) is 58.3 Å². The highest BCUT2D eigenvalue weighted by molar-refractivity contribution is 5.90. The molecule has 0 spiro atoms. The van der Waals surface area contributed by atoms with Crippen LogP contribution < -0.4 is 5.32 Å². The van der Waals surface area contributed by atoms with Gasteiger partial charge < -0.3 is 19.7 Å². The summed E-state index contributed by atoms with van der Waals surface area (Å²) in [5, 5.41) is 2.80. The van der Waals surface area contributed by atoms with Crippen LogP contribution >= 0.6 is 0 Å². The van der Waals surface area contributed by atoms with Gasteiger partial charge in [0.1, 0.15) is 11.6 Å². The SMILES string of the molecule is CCC(C)C(C(CC)OC)N(C)C(=O)CNC(=O)C1C2CCC(C2)N1C(=O)OC(C)(C)C. The van der Waals surface area contributed by atoms with Gasteiger partial charge >= 0.3 is 6.09 Å². The monoisotopic (exact) mass is 453 g/mol. The number of ether oxygens (including phenoxy) is 2. The van der Waals surface area contributed by atoms with Gasteiger partial charge in [0.2, 0.25) is 11.8 Å². The Kier molecular flexibility index (Phi) is 8.97. The number of carbonyl (C=O) groups excluding carboxylic acids is 3. The maximum atomic E-state index is 13.1. The molecule has 8 nitrogen and oxygen atoms in total. The van der Waals surface area contributed by atoms with Crippen molar-refractivity contribution >= 4 is 17.9 Å². The van der Waals surface area contributed by atoms with Crippen molar-refractivity contribution in [3.05, 3.63) is 0 Å². The number of methoxy groups -OCH3 is 1. The standard InChI is InChI=1S/C24H43N3O5/c1-9-15(3)20(18(10-2)31-8)26(7)19(28)14-25-22(29)21-16-11-12-17(13-16)27(21)23(30)32-24(4,5)6/h15-18,20-21H,9-14H2,1-8H3,(H,25,29). The fourth-order valence-electron chi connectivity index (χ4n) is 5.25. The maximum absolute atomic E-state index is 13.1. The molecule has 0 radical (unpaired) electrons. The number of likely N-dealkylation sites (N-methyl/N-ethyl adjacent to an activating group) is 1. The summed E-state index contributed by atoms with van der Waals surface area (Å²) in [6.45, 7) is 11.6. The summed E-state index contributed by atoms with van der Waals surface area (Å²) >= 11 is 0.